The quantitative estimate of drug-likeness (QED) is 0.588. The van der Waals surface area contributed by atoms with E-state index >= 15 is 0 Å². The van der Waals surface area contributed by atoms with E-state index in [2.05, 4.69) is 10.2 Å². The highest BCUT2D eigenvalue weighted by Crippen LogP contribution is 2.34. The molecule has 7 nitrogen and oxygen atoms in total. The van der Waals surface area contributed by atoms with E-state index in [1.54, 1.807) is 12.1 Å². The third-order valence-electron chi connectivity index (χ3n) is 6.16. The minimum Gasteiger partial charge on any atom is -0.368 e. The van der Waals surface area contributed by atoms with Gasteiger partial charge in [0.1, 0.15) is 0 Å². The summed E-state index contributed by atoms with van der Waals surface area (Å²) in [5.74, 6) is 0.905. The minimum atomic E-state index is -0.367. The fraction of sp³-hybridized carbons (Fsp3) is 0.632. The molecular weight excluding hydrogens is 403 g/mol. The van der Waals surface area contributed by atoms with Gasteiger partial charge in [0.25, 0.3) is 5.69 Å². The van der Waals surface area contributed by atoms with Crippen molar-refractivity contribution in [1.82, 2.24) is 10.2 Å². The van der Waals surface area contributed by atoms with Gasteiger partial charge in [0.2, 0.25) is 5.91 Å². The van der Waals surface area contributed by atoms with Crippen molar-refractivity contribution >= 4 is 42.1 Å². The molecule has 0 spiro atoms. The van der Waals surface area contributed by atoms with Crippen LogP contribution in [0.1, 0.15) is 32.1 Å². The van der Waals surface area contributed by atoms with Gasteiger partial charge in [0, 0.05) is 50.0 Å². The van der Waals surface area contributed by atoms with E-state index in [4.69, 9.17) is 0 Å². The minimum absolute atomic E-state index is 0. The summed E-state index contributed by atoms with van der Waals surface area (Å²) in [7, 11) is 0. The van der Waals surface area contributed by atoms with Gasteiger partial charge in [-0.1, -0.05) is 18.9 Å². The molecule has 2 heterocycles. The molecule has 1 N–H and O–H groups in total. The summed E-state index contributed by atoms with van der Waals surface area (Å²) in [6.45, 7) is 2.78. The van der Waals surface area contributed by atoms with E-state index in [9.17, 15) is 14.9 Å². The van der Waals surface area contributed by atoms with E-state index < -0.39 is 0 Å². The standard InChI is InChI=1S/C19H26N4O3.2ClH/c24-19(18-12-14-4-1-2-7-17(14)20-18)22-10-8-21(9-11-22)15-5-3-6-16(13-15)23(25)26;;/h3,5-6,13-14,17-18,20H,1-2,4,7-12H2;2*1H. The van der Waals surface area contributed by atoms with Crippen LogP contribution in [-0.2, 0) is 4.79 Å². The van der Waals surface area contributed by atoms with E-state index in [1.807, 2.05) is 11.0 Å². The summed E-state index contributed by atoms with van der Waals surface area (Å²) in [6, 6.07) is 7.24. The van der Waals surface area contributed by atoms with Gasteiger partial charge in [-0.3, -0.25) is 14.9 Å². The number of anilines is 1. The number of hydrogen-bond acceptors (Lipinski definition) is 5. The number of nitro benzene ring substituents is 1. The first kappa shape index (κ1) is 22.7. The maximum atomic E-state index is 12.9. The van der Waals surface area contributed by atoms with E-state index in [1.165, 1.54) is 31.7 Å². The number of carbonyl (C=O) groups is 1. The Bertz CT molecular complexity index is 684. The second-order valence-corrected chi connectivity index (χ2v) is 7.70. The van der Waals surface area contributed by atoms with Crippen molar-refractivity contribution in [2.75, 3.05) is 31.1 Å². The molecule has 9 heteroatoms. The average molecular weight is 431 g/mol. The van der Waals surface area contributed by atoms with Crippen molar-refractivity contribution < 1.29 is 9.72 Å². The van der Waals surface area contributed by atoms with E-state index in [0.29, 0.717) is 38.1 Å². The lowest BCUT2D eigenvalue weighted by Gasteiger charge is -2.37. The van der Waals surface area contributed by atoms with Gasteiger partial charge in [-0.2, -0.15) is 0 Å². The molecule has 1 aliphatic carbocycles. The summed E-state index contributed by atoms with van der Waals surface area (Å²) in [4.78, 5) is 27.6. The molecule has 3 fully saturated rings. The molecule has 1 aromatic rings. The number of nitro groups is 1. The van der Waals surface area contributed by atoms with Gasteiger partial charge in [0.05, 0.1) is 11.0 Å². The van der Waals surface area contributed by atoms with Crippen LogP contribution in [0.25, 0.3) is 0 Å². The molecule has 3 aliphatic rings. The van der Waals surface area contributed by atoms with Crippen LogP contribution < -0.4 is 10.2 Å². The maximum Gasteiger partial charge on any atom is 0.271 e. The number of non-ortho nitro benzene ring substituents is 1. The highest BCUT2D eigenvalue weighted by Gasteiger charge is 2.40. The lowest BCUT2D eigenvalue weighted by molar-refractivity contribution is -0.384. The van der Waals surface area contributed by atoms with Crippen LogP contribution in [0.5, 0.6) is 0 Å². The first-order chi connectivity index (χ1) is 12.6. The molecule has 4 rings (SSSR count). The van der Waals surface area contributed by atoms with Gasteiger partial charge < -0.3 is 15.1 Å². The van der Waals surface area contributed by atoms with Crippen molar-refractivity contribution in [3.8, 4) is 0 Å². The topological polar surface area (TPSA) is 78.7 Å². The maximum absolute atomic E-state index is 12.9. The van der Waals surface area contributed by atoms with Crippen molar-refractivity contribution in [3.63, 3.8) is 0 Å². The summed E-state index contributed by atoms with van der Waals surface area (Å²) in [6.07, 6.45) is 6.01. The van der Waals surface area contributed by atoms with Crippen LogP contribution in [-0.4, -0.2) is 54.0 Å². The number of hydrogen-bond donors (Lipinski definition) is 1. The van der Waals surface area contributed by atoms with Crippen molar-refractivity contribution in [3.05, 3.63) is 34.4 Å². The first-order valence-electron chi connectivity index (χ1n) is 9.66. The number of fused-ring (bicyclic) bond motifs is 1. The molecule has 1 amide bonds. The summed E-state index contributed by atoms with van der Waals surface area (Å²) >= 11 is 0. The second kappa shape index (κ2) is 9.76. The van der Waals surface area contributed by atoms with Crippen LogP contribution in [0.15, 0.2) is 24.3 Å². The third-order valence-corrected chi connectivity index (χ3v) is 6.16. The Hall–Kier alpha value is -1.57. The third kappa shape index (κ3) is 4.70. The zero-order chi connectivity index (χ0) is 18.1. The van der Waals surface area contributed by atoms with Crippen LogP contribution >= 0.6 is 24.8 Å². The van der Waals surface area contributed by atoms with Gasteiger partial charge in [0.15, 0.2) is 0 Å². The van der Waals surface area contributed by atoms with Crippen molar-refractivity contribution in [1.29, 1.82) is 0 Å². The molecule has 156 valence electrons. The Kier molecular flexibility index (Phi) is 7.92. The first-order valence-corrected chi connectivity index (χ1v) is 9.66. The predicted molar refractivity (Wildman–Crippen MR) is 114 cm³/mol. The Balaban J connectivity index is 0.00000140. The fourth-order valence-electron chi connectivity index (χ4n) is 4.72. The fourth-order valence-corrected chi connectivity index (χ4v) is 4.72. The van der Waals surface area contributed by atoms with Gasteiger partial charge in [-0.25, -0.2) is 0 Å². The highest BCUT2D eigenvalue weighted by atomic mass is 35.5. The molecule has 1 aromatic carbocycles. The molecular formula is C19H28Cl2N4O3. The second-order valence-electron chi connectivity index (χ2n) is 7.70. The Morgan fingerprint density at radius 1 is 1.11 bits per heavy atom. The highest BCUT2D eigenvalue weighted by molar-refractivity contribution is 5.85. The monoisotopic (exact) mass is 430 g/mol. The van der Waals surface area contributed by atoms with E-state index in [0.717, 1.165) is 12.1 Å². The summed E-state index contributed by atoms with van der Waals surface area (Å²) < 4.78 is 0. The zero-order valence-corrected chi connectivity index (χ0v) is 17.4. The Labute approximate surface area is 177 Å². The van der Waals surface area contributed by atoms with Crippen LogP contribution in [0.3, 0.4) is 0 Å². The van der Waals surface area contributed by atoms with E-state index in [-0.39, 0.29) is 47.4 Å². The number of nitrogens with zero attached hydrogens (tertiary/aromatic N) is 3. The van der Waals surface area contributed by atoms with Gasteiger partial charge in [-0.05, 0) is 31.2 Å². The predicted octanol–water partition coefficient (Wildman–Crippen LogP) is 3.01. The number of rotatable bonds is 3. The number of amides is 1. The summed E-state index contributed by atoms with van der Waals surface area (Å²) in [5, 5.41) is 14.5. The van der Waals surface area contributed by atoms with Gasteiger partial charge >= 0.3 is 0 Å². The van der Waals surface area contributed by atoms with Crippen LogP contribution in [0.4, 0.5) is 11.4 Å². The number of benzene rings is 1. The molecule has 0 aromatic heterocycles. The normalized spacial score (nSPS) is 26.6. The molecule has 0 bridgehead atoms. The summed E-state index contributed by atoms with van der Waals surface area (Å²) in [5.41, 5.74) is 0.968. The number of carbonyl (C=O) groups excluding carboxylic acids is 1. The van der Waals surface area contributed by atoms with Crippen LogP contribution in [0.2, 0.25) is 0 Å². The SMILES string of the molecule is Cl.Cl.O=C(C1CC2CCCCC2N1)N1CCN(c2cccc([N+](=O)[O-])c2)CC1. The number of halogens is 2. The van der Waals surface area contributed by atoms with Gasteiger partial charge in [-0.15, -0.1) is 24.8 Å². The molecule has 2 aliphatic heterocycles. The largest absolute Gasteiger partial charge is 0.368 e. The Morgan fingerprint density at radius 3 is 2.50 bits per heavy atom. The van der Waals surface area contributed by atoms with Crippen LogP contribution in [0, 0.1) is 16.0 Å². The average Bonchev–Trinajstić information content (AvgIpc) is 3.12. The molecule has 0 radical (unpaired) electrons. The van der Waals surface area contributed by atoms with Crippen molar-refractivity contribution in [2.45, 2.75) is 44.2 Å². The molecule has 28 heavy (non-hydrogen) atoms. The molecule has 3 atom stereocenters. The van der Waals surface area contributed by atoms with Crippen molar-refractivity contribution in [2.24, 2.45) is 5.92 Å². The zero-order valence-electron chi connectivity index (χ0n) is 15.8. The molecule has 1 saturated carbocycles. The number of piperazine rings is 1. The number of nitrogens with one attached hydrogen (secondary N) is 1. The Morgan fingerprint density at radius 2 is 1.82 bits per heavy atom. The lowest BCUT2D eigenvalue weighted by Crippen LogP contribution is -2.53. The lowest BCUT2D eigenvalue weighted by atomic mass is 9.85. The molecule has 3 unspecified atom stereocenters. The smallest absolute Gasteiger partial charge is 0.271 e. The molecule has 2 saturated heterocycles.